The minimum atomic E-state index is -0.925. The second-order valence-electron chi connectivity index (χ2n) is 4.71. The molecule has 0 aliphatic carbocycles. The summed E-state index contributed by atoms with van der Waals surface area (Å²) in [7, 11) is 0. The molecule has 1 N–H and O–H groups in total. The Morgan fingerprint density at radius 3 is 2.60 bits per heavy atom. The van der Waals surface area contributed by atoms with Gasteiger partial charge in [-0.15, -0.1) is 0 Å². The lowest BCUT2D eigenvalue weighted by Gasteiger charge is -2.09. The number of carboxylic acid groups (broad SMARTS) is 1. The molecule has 0 atom stereocenters. The number of rotatable bonds is 2. The maximum absolute atomic E-state index is 11.1. The number of hydrogen-bond donors (Lipinski definition) is 1. The van der Waals surface area contributed by atoms with Gasteiger partial charge in [0.05, 0.1) is 11.1 Å². The summed E-state index contributed by atoms with van der Waals surface area (Å²) in [6.07, 6.45) is 1.75. The molecule has 0 fully saturated rings. The third-order valence-electron chi connectivity index (χ3n) is 3.42. The fourth-order valence-electron chi connectivity index (χ4n) is 2.39. The van der Waals surface area contributed by atoms with Gasteiger partial charge in [0.15, 0.2) is 0 Å². The van der Waals surface area contributed by atoms with Gasteiger partial charge in [-0.3, -0.25) is 4.98 Å². The van der Waals surface area contributed by atoms with Gasteiger partial charge >= 0.3 is 5.97 Å². The zero-order valence-corrected chi connectivity index (χ0v) is 11.0. The van der Waals surface area contributed by atoms with Crippen molar-refractivity contribution in [3.63, 3.8) is 0 Å². The lowest BCUT2D eigenvalue weighted by atomic mass is 9.96. The Bertz CT molecular complexity index is 809. The first-order valence-electron chi connectivity index (χ1n) is 6.35. The predicted molar refractivity (Wildman–Crippen MR) is 78.9 cm³/mol. The van der Waals surface area contributed by atoms with E-state index >= 15 is 0 Å². The number of aromatic nitrogens is 1. The van der Waals surface area contributed by atoms with Gasteiger partial charge in [-0.2, -0.15) is 0 Å². The highest BCUT2D eigenvalue weighted by atomic mass is 16.4. The predicted octanol–water partition coefficient (Wildman–Crippen LogP) is 3.91. The molecule has 0 aliphatic heterocycles. The molecular weight excluding hydrogens is 250 g/mol. The van der Waals surface area contributed by atoms with E-state index in [1.807, 2.05) is 37.3 Å². The molecule has 1 aromatic heterocycles. The Kier molecular flexibility index (Phi) is 2.95. The Balaban J connectivity index is 2.33. The van der Waals surface area contributed by atoms with Crippen molar-refractivity contribution in [1.82, 2.24) is 4.98 Å². The van der Waals surface area contributed by atoms with Crippen molar-refractivity contribution in [2.75, 3.05) is 0 Å². The van der Waals surface area contributed by atoms with Crippen molar-refractivity contribution >= 4 is 16.9 Å². The Morgan fingerprint density at radius 1 is 1.05 bits per heavy atom. The summed E-state index contributed by atoms with van der Waals surface area (Å²) in [6.45, 7) is 2.04. The number of benzene rings is 2. The number of fused-ring (bicyclic) bond motifs is 1. The zero-order chi connectivity index (χ0) is 14.1. The van der Waals surface area contributed by atoms with E-state index in [1.165, 1.54) is 0 Å². The Morgan fingerprint density at radius 2 is 1.85 bits per heavy atom. The van der Waals surface area contributed by atoms with Crippen LogP contribution in [0.3, 0.4) is 0 Å². The molecule has 0 unspecified atom stereocenters. The third-order valence-corrected chi connectivity index (χ3v) is 3.42. The van der Waals surface area contributed by atoms with E-state index in [9.17, 15) is 4.79 Å². The quantitative estimate of drug-likeness (QED) is 0.762. The molecule has 0 aliphatic rings. The number of hydrogen-bond acceptors (Lipinski definition) is 2. The topological polar surface area (TPSA) is 50.2 Å². The van der Waals surface area contributed by atoms with Crippen LogP contribution in [-0.4, -0.2) is 16.1 Å². The van der Waals surface area contributed by atoms with Crippen LogP contribution in [0.15, 0.2) is 54.7 Å². The molecule has 3 heteroatoms. The number of nitrogens with zero attached hydrogens (tertiary/aromatic N) is 1. The largest absolute Gasteiger partial charge is 0.478 e. The third kappa shape index (κ3) is 2.03. The van der Waals surface area contributed by atoms with E-state index in [2.05, 4.69) is 4.98 Å². The summed E-state index contributed by atoms with van der Waals surface area (Å²) in [5, 5.41) is 10.0. The van der Waals surface area contributed by atoms with E-state index in [4.69, 9.17) is 5.11 Å². The van der Waals surface area contributed by atoms with E-state index < -0.39 is 5.97 Å². The van der Waals surface area contributed by atoms with Gasteiger partial charge in [0.2, 0.25) is 0 Å². The molecule has 0 saturated carbocycles. The molecule has 0 radical (unpaired) electrons. The zero-order valence-electron chi connectivity index (χ0n) is 11.0. The second-order valence-corrected chi connectivity index (χ2v) is 4.71. The van der Waals surface area contributed by atoms with Crippen LogP contribution in [0.5, 0.6) is 0 Å². The second kappa shape index (κ2) is 4.78. The maximum Gasteiger partial charge on any atom is 0.335 e. The molecule has 20 heavy (non-hydrogen) atoms. The smallest absolute Gasteiger partial charge is 0.335 e. The van der Waals surface area contributed by atoms with Crippen LogP contribution in [0.2, 0.25) is 0 Å². The average Bonchev–Trinajstić information content (AvgIpc) is 2.46. The van der Waals surface area contributed by atoms with Gasteiger partial charge in [0.1, 0.15) is 0 Å². The number of carbonyl (C=O) groups is 1. The van der Waals surface area contributed by atoms with Gasteiger partial charge in [0.25, 0.3) is 0 Å². The highest BCUT2D eigenvalue weighted by Gasteiger charge is 2.10. The van der Waals surface area contributed by atoms with Gasteiger partial charge < -0.3 is 5.11 Å². The molecule has 0 saturated heterocycles. The highest BCUT2D eigenvalue weighted by molar-refractivity contribution is 6.00. The molecule has 3 nitrogen and oxygen atoms in total. The fourth-order valence-corrected chi connectivity index (χ4v) is 2.39. The van der Waals surface area contributed by atoms with Gasteiger partial charge in [-0.1, -0.05) is 24.3 Å². The Hall–Kier alpha value is -2.68. The number of aryl methyl sites for hydroxylation is 1. The van der Waals surface area contributed by atoms with Crippen molar-refractivity contribution in [2.24, 2.45) is 0 Å². The van der Waals surface area contributed by atoms with E-state index in [1.54, 1.807) is 24.4 Å². The Labute approximate surface area is 116 Å². The molecule has 3 rings (SSSR count). The molecule has 1 heterocycles. The summed E-state index contributed by atoms with van der Waals surface area (Å²) in [5.41, 5.74) is 4.34. The van der Waals surface area contributed by atoms with Crippen LogP contribution in [0, 0.1) is 6.92 Å². The van der Waals surface area contributed by atoms with Crippen LogP contribution < -0.4 is 0 Å². The van der Waals surface area contributed by atoms with E-state index in [-0.39, 0.29) is 5.56 Å². The lowest BCUT2D eigenvalue weighted by Crippen LogP contribution is -1.96. The van der Waals surface area contributed by atoms with Crippen LogP contribution >= 0.6 is 0 Å². The molecule has 0 bridgehead atoms. The normalized spacial score (nSPS) is 10.7. The van der Waals surface area contributed by atoms with Gasteiger partial charge in [0, 0.05) is 11.6 Å². The van der Waals surface area contributed by atoms with Crippen molar-refractivity contribution in [3.05, 3.63) is 65.9 Å². The summed E-state index contributed by atoms with van der Waals surface area (Å²) < 4.78 is 0. The first-order valence-corrected chi connectivity index (χ1v) is 6.35. The highest BCUT2D eigenvalue weighted by Crippen LogP contribution is 2.30. The van der Waals surface area contributed by atoms with Crippen molar-refractivity contribution in [2.45, 2.75) is 6.92 Å². The molecule has 98 valence electrons. The minimum absolute atomic E-state index is 0.278. The standard InChI is InChI=1S/C17H13NO2/c1-11-4-2-3-5-13(11)14-8-9-18-16-7-6-12(17(19)20)10-15(14)16/h2-10H,1H3,(H,19,20). The van der Waals surface area contributed by atoms with Crippen molar-refractivity contribution in [1.29, 1.82) is 0 Å². The molecule has 0 spiro atoms. The average molecular weight is 263 g/mol. The number of carboxylic acids is 1. The van der Waals surface area contributed by atoms with Gasteiger partial charge in [-0.25, -0.2) is 4.79 Å². The number of pyridine rings is 1. The molecular formula is C17H13NO2. The van der Waals surface area contributed by atoms with E-state index in [0.29, 0.717) is 0 Å². The number of aromatic carboxylic acids is 1. The SMILES string of the molecule is Cc1ccccc1-c1ccnc2ccc(C(=O)O)cc12. The van der Waals surface area contributed by atoms with Crippen LogP contribution in [0.1, 0.15) is 15.9 Å². The monoisotopic (exact) mass is 263 g/mol. The van der Waals surface area contributed by atoms with Crippen LogP contribution in [-0.2, 0) is 0 Å². The minimum Gasteiger partial charge on any atom is -0.478 e. The summed E-state index contributed by atoms with van der Waals surface area (Å²) in [6, 6.07) is 15.0. The first kappa shape index (κ1) is 12.4. The lowest BCUT2D eigenvalue weighted by molar-refractivity contribution is 0.0697. The summed E-state index contributed by atoms with van der Waals surface area (Å²) in [5.74, 6) is -0.925. The first-order chi connectivity index (χ1) is 9.66. The van der Waals surface area contributed by atoms with Crippen LogP contribution in [0.4, 0.5) is 0 Å². The van der Waals surface area contributed by atoms with Crippen LogP contribution in [0.25, 0.3) is 22.0 Å². The van der Waals surface area contributed by atoms with E-state index in [0.717, 1.165) is 27.6 Å². The molecule has 2 aromatic carbocycles. The van der Waals surface area contributed by atoms with Crippen molar-refractivity contribution in [3.8, 4) is 11.1 Å². The summed E-state index contributed by atoms with van der Waals surface area (Å²) >= 11 is 0. The summed E-state index contributed by atoms with van der Waals surface area (Å²) in [4.78, 5) is 15.4. The van der Waals surface area contributed by atoms with Gasteiger partial charge in [-0.05, 0) is 47.9 Å². The maximum atomic E-state index is 11.1. The molecule has 0 amide bonds. The fraction of sp³-hybridized carbons (Fsp3) is 0.0588. The molecule has 3 aromatic rings. The van der Waals surface area contributed by atoms with Crippen molar-refractivity contribution < 1.29 is 9.90 Å².